The fourth-order valence-corrected chi connectivity index (χ4v) is 5.18. The van der Waals surface area contributed by atoms with E-state index in [1.807, 2.05) is 31.2 Å². The number of halogens is 1. The third-order valence-corrected chi connectivity index (χ3v) is 7.78. The summed E-state index contributed by atoms with van der Waals surface area (Å²) in [6, 6.07) is 20.8. The molecule has 3 aromatic carbocycles. The number of carbonyl (C=O) groups excluding carboxylic acids is 2. The van der Waals surface area contributed by atoms with E-state index >= 15 is 0 Å². The molecule has 2 amide bonds. The van der Waals surface area contributed by atoms with E-state index < -0.39 is 28.5 Å². The Kier molecular flexibility index (Phi) is 8.53. The molecule has 0 aliphatic carbocycles. The third-order valence-electron chi connectivity index (χ3n) is 5.74. The lowest BCUT2D eigenvalue weighted by Gasteiger charge is -2.32. The highest BCUT2D eigenvalue weighted by atomic mass is 35.5. The topological polar surface area (TPSA) is 86.8 Å². The number of hydrogen-bond donors (Lipinski definition) is 1. The Morgan fingerprint density at radius 3 is 2.14 bits per heavy atom. The number of anilines is 1. The minimum absolute atomic E-state index is 0.0487. The second-order valence-electron chi connectivity index (χ2n) is 8.04. The van der Waals surface area contributed by atoms with Crippen LogP contribution in [0.3, 0.4) is 0 Å². The van der Waals surface area contributed by atoms with Crippen LogP contribution >= 0.6 is 11.6 Å². The molecule has 0 aliphatic rings. The molecule has 9 heteroatoms. The summed E-state index contributed by atoms with van der Waals surface area (Å²) in [6.07, 6.45) is 0. The van der Waals surface area contributed by atoms with Crippen molar-refractivity contribution in [2.45, 2.75) is 31.3 Å². The molecule has 0 spiro atoms. The standard InChI is InChI=1S/C26H28ClN3O4S/c1-19-9-7-8-10-21(19)17-29(20(2)26(32)28-3)25(31)18-30(23-15-13-22(27)14-16-23)35(33,34)24-11-5-4-6-12-24/h4-16,20H,17-18H2,1-3H3,(H,28,32)/t20-/m0/s1. The summed E-state index contributed by atoms with van der Waals surface area (Å²) in [7, 11) is -2.59. The van der Waals surface area contributed by atoms with Gasteiger partial charge in [-0.1, -0.05) is 54.1 Å². The van der Waals surface area contributed by atoms with Gasteiger partial charge in [0.15, 0.2) is 0 Å². The van der Waals surface area contributed by atoms with E-state index in [0.717, 1.165) is 15.4 Å². The summed E-state index contributed by atoms with van der Waals surface area (Å²) in [5.41, 5.74) is 2.11. The van der Waals surface area contributed by atoms with Gasteiger partial charge in [-0.3, -0.25) is 13.9 Å². The average molecular weight is 514 g/mol. The predicted molar refractivity (Wildman–Crippen MR) is 138 cm³/mol. The minimum atomic E-state index is -4.09. The number of likely N-dealkylation sites (N-methyl/N-ethyl adjacent to an activating group) is 1. The van der Waals surface area contributed by atoms with Crippen LogP contribution in [0.15, 0.2) is 83.8 Å². The van der Waals surface area contributed by atoms with Crippen molar-refractivity contribution in [2.75, 3.05) is 17.9 Å². The molecule has 3 rings (SSSR count). The van der Waals surface area contributed by atoms with Gasteiger partial charge in [-0.25, -0.2) is 8.42 Å². The monoisotopic (exact) mass is 513 g/mol. The Balaban J connectivity index is 2.02. The van der Waals surface area contributed by atoms with Crippen molar-refractivity contribution >= 4 is 39.1 Å². The Bertz CT molecular complexity index is 1280. The molecule has 35 heavy (non-hydrogen) atoms. The number of amides is 2. The van der Waals surface area contributed by atoms with E-state index in [-0.39, 0.29) is 23.0 Å². The van der Waals surface area contributed by atoms with Crippen LogP contribution in [0.1, 0.15) is 18.1 Å². The molecule has 3 aromatic rings. The summed E-state index contributed by atoms with van der Waals surface area (Å²) in [5.74, 6) is -0.866. The summed E-state index contributed by atoms with van der Waals surface area (Å²) >= 11 is 6.01. The lowest BCUT2D eigenvalue weighted by atomic mass is 10.1. The van der Waals surface area contributed by atoms with Crippen molar-refractivity contribution in [1.29, 1.82) is 0 Å². The van der Waals surface area contributed by atoms with Gasteiger partial charge in [-0.2, -0.15) is 0 Å². The van der Waals surface area contributed by atoms with Crippen LogP contribution in [-0.4, -0.2) is 44.8 Å². The van der Waals surface area contributed by atoms with Crippen molar-refractivity contribution < 1.29 is 18.0 Å². The van der Waals surface area contributed by atoms with Gasteiger partial charge in [0, 0.05) is 18.6 Å². The molecule has 1 atom stereocenters. The van der Waals surface area contributed by atoms with Crippen molar-refractivity contribution in [2.24, 2.45) is 0 Å². The summed E-state index contributed by atoms with van der Waals surface area (Å²) in [5, 5.41) is 3.01. The van der Waals surface area contributed by atoms with E-state index in [0.29, 0.717) is 5.02 Å². The van der Waals surface area contributed by atoms with E-state index in [9.17, 15) is 18.0 Å². The SMILES string of the molecule is CNC(=O)[C@H](C)N(Cc1ccccc1C)C(=O)CN(c1ccc(Cl)cc1)S(=O)(=O)c1ccccc1. The normalized spacial score (nSPS) is 12.0. The second-order valence-corrected chi connectivity index (χ2v) is 10.3. The number of carbonyl (C=O) groups is 2. The van der Waals surface area contributed by atoms with Gasteiger partial charge in [0.25, 0.3) is 10.0 Å². The molecule has 0 saturated carbocycles. The molecule has 0 aromatic heterocycles. The molecule has 0 aliphatic heterocycles. The molecule has 184 valence electrons. The zero-order valence-corrected chi connectivity index (χ0v) is 21.4. The number of hydrogen-bond acceptors (Lipinski definition) is 4. The summed E-state index contributed by atoms with van der Waals surface area (Å²) in [6.45, 7) is 3.20. The fraction of sp³-hybridized carbons (Fsp3) is 0.231. The van der Waals surface area contributed by atoms with Crippen LogP contribution in [0.5, 0.6) is 0 Å². The second kappa shape index (κ2) is 11.4. The molecule has 7 nitrogen and oxygen atoms in total. The number of nitrogens with zero attached hydrogens (tertiary/aromatic N) is 2. The lowest BCUT2D eigenvalue weighted by molar-refractivity contribution is -0.139. The molecule has 0 saturated heterocycles. The van der Waals surface area contributed by atoms with Crippen molar-refractivity contribution in [3.05, 3.63) is 95.0 Å². The Morgan fingerprint density at radius 1 is 0.943 bits per heavy atom. The molecular weight excluding hydrogens is 486 g/mol. The largest absolute Gasteiger partial charge is 0.357 e. The number of benzene rings is 3. The molecule has 0 radical (unpaired) electrons. The average Bonchev–Trinajstić information content (AvgIpc) is 2.86. The highest BCUT2D eigenvalue weighted by Gasteiger charge is 2.32. The first-order valence-corrected chi connectivity index (χ1v) is 12.9. The Hall–Kier alpha value is -3.36. The van der Waals surface area contributed by atoms with Crippen LogP contribution in [0.25, 0.3) is 0 Å². The minimum Gasteiger partial charge on any atom is -0.357 e. The maximum Gasteiger partial charge on any atom is 0.264 e. The molecular formula is C26H28ClN3O4S. The maximum atomic E-state index is 13.7. The van der Waals surface area contributed by atoms with Gasteiger partial charge in [-0.05, 0) is 61.4 Å². The van der Waals surface area contributed by atoms with Crippen molar-refractivity contribution in [3.63, 3.8) is 0 Å². The first-order chi connectivity index (χ1) is 16.6. The van der Waals surface area contributed by atoms with Crippen molar-refractivity contribution in [1.82, 2.24) is 10.2 Å². The van der Waals surface area contributed by atoms with Crippen LogP contribution in [0.2, 0.25) is 5.02 Å². The van der Waals surface area contributed by atoms with Crippen LogP contribution in [0, 0.1) is 6.92 Å². The zero-order chi connectivity index (χ0) is 25.6. The van der Waals surface area contributed by atoms with Gasteiger partial charge in [-0.15, -0.1) is 0 Å². The van der Waals surface area contributed by atoms with Crippen LogP contribution < -0.4 is 9.62 Å². The van der Waals surface area contributed by atoms with Crippen molar-refractivity contribution in [3.8, 4) is 0 Å². The highest BCUT2D eigenvalue weighted by Crippen LogP contribution is 2.26. The third kappa shape index (κ3) is 6.21. The molecule has 0 fully saturated rings. The number of aryl methyl sites for hydroxylation is 1. The van der Waals surface area contributed by atoms with Crippen LogP contribution in [0.4, 0.5) is 5.69 Å². The van der Waals surface area contributed by atoms with Gasteiger partial charge >= 0.3 is 0 Å². The Labute approximate surface area is 211 Å². The lowest BCUT2D eigenvalue weighted by Crippen LogP contribution is -2.50. The fourth-order valence-electron chi connectivity index (χ4n) is 3.62. The molecule has 0 unspecified atom stereocenters. The number of sulfonamides is 1. The maximum absolute atomic E-state index is 13.7. The van der Waals surface area contributed by atoms with E-state index in [1.54, 1.807) is 49.4 Å². The van der Waals surface area contributed by atoms with E-state index in [4.69, 9.17) is 11.6 Å². The molecule has 1 N–H and O–H groups in total. The molecule has 0 heterocycles. The quantitative estimate of drug-likeness (QED) is 0.468. The van der Waals surface area contributed by atoms with Gasteiger partial charge in [0.05, 0.1) is 10.6 Å². The zero-order valence-electron chi connectivity index (χ0n) is 19.8. The van der Waals surface area contributed by atoms with E-state index in [1.165, 1.54) is 24.1 Å². The summed E-state index contributed by atoms with van der Waals surface area (Å²) < 4.78 is 28.2. The van der Waals surface area contributed by atoms with Gasteiger partial charge < -0.3 is 10.2 Å². The summed E-state index contributed by atoms with van der Waals surface area (Å²) in [4.78, 5) is 27.6. The first-order valence-electron chi connectivity index (χ1n) is 11.0. The highest BCUT2D eigenvalue weighted by molar-refractivity contribution is 7.92. The van der Waals surface area contributed by atoms with E-state index in [2.05, 4.69) is 5.32 Å². The van der Waals surface area contributed by atoms with Gasteiger partial charge in [0.1, 0.15) is 12.6 Å². The van der Waals surface area contributed by atoms with Gasteiger partial charge in [0.2, 0.25) is 11.8 Å². The Morgan fingerprint density at radius 2 is 1.54 bits per heavy atom. The predicted octanol–water partition coefficient (Wildman–Crippen LogP) is 4.01. The number of nitrogens with one attached hydrogen (secondary N) is 1. The van der Waals surface area contributed by atoms with Crippen LogP contribution in [-0.2, 0) is 26.2 Å². The first kappa shape index (κ1) is 26.2. The number of rotatable bonds is 9. The molecule has 0 bridgehead atoms. The smallest absolute Gasteiger partial charge is 0.264 e.